The molecule has 3 rings (SSSR count). The van der Waals surface area contributed by atoms with Crippen LogP contribution in [0.1, 0.15) is 25.1 Å². The second kappa shape index (κ2) is 6.51. The van der Waals surface area contributed by atoms with Crippen molar-refractivity contribution in [3.8, 4) is 0 Å². The molecule has 2 heterocycles. The van der Waals surface area contributed by atoms with Gasteiger partial charge in [-0.1, -0.05) is 17.3 Å². The van der Waals surface area contributed by atoms with Gasteiger partial charge < -0.3 is 25.0 Å². The smallest absolute Gasteiger partial charge is 0.251 e. The number of aromatic nitrogens is 1. The van der Waals surface area contributed by atoms with E-state index in [9.17, 15) is 4.79 Å². The number of nitrogens with one attached hydrogen (secondary N) is 2. The van der Waals surface area contributed by atoms with Crippen LogP contribution in [0.15, 0.2) is 22.7 Å². The van der Waals surface area contributed by atoms with Gasteiger partial charge >= 0.3 is 0 Å². The molecule has 1 fully saturated rings. The second-order valence-corrected chi connectivity index (χ2v) is 6.71. The fraction of sp³-hybridized carbons (Fsp3) is 0.529. The number of para-hydroxylation sites is 1. The predicted molar refractivity (Wildman–Crippen MR) is 88.5 cm³/mol. The summed E-state index contributed by atoms with van der Waals surface area (Å²) < 4.78 is 11.0. The van der Waals surface area contributed by atoms with Crippen LogP contribution in [-0.4, -0.2) is 48.1 Å². The maximum absolute atomic E-state index is 12.5. The molecule has 130 valence electrons. The van der Waals surface area contributed by atoms with Crippen LogP contribution >= 0.6 is 0 Å². The molecule has 1 saturated heterocycles. The summed E-state index contributed by atoms with van der Waals surface area (Å²) in [4.78, 5) is 12.5. The van der Waals surface area contributed by atoms with Crippen molar-refractivity contribution in [2.75, 3.05) is 19.8 Å². The van der Waals surface area contributed by atoms with E-state index < -0.39 is 11.6 Å². The van der Waals surface area contributed by atoms with E-state index in [1.54, 1.807) is 0 Å². The highest BCUT2D eigenvalue weighted by molar-refractivity contribution is 5.85. The third-order valence-electron chi connectivity index (χ3n) is 4.33. The number of hydrogen-bond acceptors (Lipinski definition) is 6. The van der Waals surface area contributed by atoms with E-state index >= 15 is 0 Å². The molecule has 0 saturated carbocycles. The van der Waals surface area contributed by atoms with Crippen molar-refractivity contribution in [3.63, 3.8) is 0 Å². The van der Waals surface area contributed by atoms with Crippen LogP contribution in [0.3, 0.4) is 0 Å². The van der Waals surface area contributed by atoms with Gasteiger partial charge in [0, 0.05) is 11.9 Å². The van der Waals surface area contributed by atoms with Gasteiger partial charge in [0.1, 0.15) is 11.8 Å². The summed E-state index contributed by atoms with van der Waals surface area (Å²) >= 11 is 0. The summed E-state index contributed by atoms with van der Waals surface area (Å²) in [6.07, 6.45) is -0.591. The average molecular weight is 333 g/mol. The van der Waals surface area contributed by atoms with Crippen molar-refractivity contribution >= 4 is 16.9 Å². The number of nitrogens with zero attached hydrogens (tertiary/aromatic N) is 1. The Bertz CT molecular complexity index is 733. The first-order chi connectivity index (χ1) is 11.4. The number of benzene rings is 1. The zero-order valence-electron chi connectivity index (χ0n) is 14.1. The minimum atomic E-state index is -0.701. The predicted octanol–water partition coefficient (Wildman–Crippen LogP) is 0.837. The zero-order chi connectivity index (χ0) is 17.3. The molecule has 1 amide bonds. The molecule has 24 heavy (non-hydrogen) atoms. The molecule has 1 aliphatic heterocycles. The molecule has 0 unspecified atom stereocenters. The lowest BCUT2D eigenvalue weighted by molar-refractivity contribution is -0.138. The number of aliphatic hydroxyl groups excluding tert-OH is 1. The number of aliphatic hydroxyl groups is 1. The summed E-state index contributed by atoms with van der Waals surface area (Å²) in [5, 5.41) is 20.2. The van der Waals surface area contributed by atoms with Crippen molar-refractivity contribution in [2.45, 2.75) is 38.5 Å². The van der Waals surface area contributed by atoms with Crippen LogP contribution in [0.25, 0.3) is 11.0 Å². The van der Waals surface area contributed by atoms with Gasteiger partial charge in [0.15, 0.2) is 5.58 Å². The zero-order valence-corrected chi connectivity index (χ0v) is 14.1. The third-order valence-corrected chi connectivity index (χ3v) is 4.33. The van der Waals surface area contributed by atoms with Gasteiger partial charge in [-0.25, -0.2) is 0 Å². The number of aryl methyl sites for hydroxylation is 1. The minimum Gasteiger partial charge on any atom is -0.395 e. The largest absolute Gasteiger partial charge is 0.395 e. The first kappa shape index (κ1) is 16.9. The molecule has 0 aliphatic carbocycles. The Morgan fingerprint density at radius 3 is 2.96 bits per heavy atom. The summed E-state index contributed by atoms with van der Waals surface area (Å²) in [5.41, 5.74) is 1.72. The lowest BCUT2D eigenvalue weighted by Crippen LogP contribution is -2.56. The van der Waals surface area contributed by atoms with E-state index in [0.29, 0.717) is 18.8 Å². The molecule has 7 nitrogen and oxygen atoms in total. The lowest BCUT2D eigenvalue weighted by Gasteiger charge is -2.31. The number of rotatable bonds is 4. The second-order valence-electron chi connectivity index (χ2n) is 6.71. The molecule has 2 atom stereocenters. The Morgan fingerprint density at radius 1 is 1.50 bits per heavy atom. The van der Waals surface area contributed by atoms with E-state index in [1.807, 2.05) is 39.0 Å². The average Bonchev–Trinajstić information content (AvgIpc) is 3.01. The fourth-order valence-corrected chi connectivity index (χ4v) is 2.91. The Morgan fingerprint density at radius 2 is 2.29 bits per heavy atom. The van der Waals surface area contributed by atoms with Crippen LogP contribution in [-0.2, 0) is 15.1 Å². The molecule has 7 heteroatoms. The topological polar surface area (TPSA) is 96.6 Å². The van der Waals surface area contributed by atoms with Crippen LogP contribution in [0, 0.1) is 6.92 Å². The molecule has 1 aromatic heterocycles. The van der Waals surface area contributed by atoms with Gasteiger partial charge in [-0.05, 0) is 32.4 Å². The lowest BCUT2D eigenvalue weighted by atomic mass is 9.96. The molecular formula is C17H23N3O4. The van der Waals surface area contributed by atoms with Crippen molar-refractivity contribution < 1.29 is 19.2 Å². The Hall–Kier alpha value is -1.96. The van der Waals surface area contributed by atoms with Crippen LogP contribution < -0.4 is 10.6 Å². The maximum Gasteiger partial charge on any atom is 0.251 e. The van der Waals surface area contributed by atoms with Gasteiger partial charge in [0.2, 0.25) is 0 Å². The van der Waals surface area contributed by atoms with Gasteiger partial charge in [-0.3, -0.25) is 4.79 Å². The highest BCUT2D eigenvalue weighted by atomic mass is 16.5. The van der Waals surface area contributed by atoms with E-state index in [2.05, 4.69) is 15.8 Å². The number of hydrogen-bond donors (Lipinski definition) is 3. The van der Waals surface area contributed by atoms with E-state index in [1.165, 1.54) is 0 Å². The molecule has 3 N–H and O–H groups in total. The fourth-order valence-electron chi connectivity index (χ4n) is 2.91. The molecule has 2 aromatic rings. The summed E-state index contributed by atoms with van der Waals surface area (Å²) in [6, 6.07) is 5.72. The number of fused-ring (bicyclic) bond motifs is 1. The monoisotopic (exact) mass is 333 g/mol. The van der Waals surface area contributed by atoms with E-state index in [-0.39, 0.29) is 18.6 Å². The van der Waals surface area contributed by atoms with Gasteiger partial charge in [0.05, 0.1) is 24.8 Å². The first-order valence-corrected chi connectivity index (χ1v) is 8.05. The number of amides is 1. The highest BCUT2D eigenvalue weighted by Crippen LogP contribution is 2.29. The Balaban J connectivity index is 1.75. The Kier molecular flexibility index (Phi) is 4.58. The first-order valence-electron chi connectivity index (χ1n) is 8.05. The summed E-state index contributed by atoms with van der Waals surface area (Å²) in [5.74, 6) is -0.215. The normalized spacial score (nSPS) is 21.8. The molecule has 0 bridgehead atoms. The van der Waals surface area contributed by atoms with Gasteiger partial charge in [-0.2, -0.15) is 0 Å². The van der Waals surface area contributed by atoms with Crippen molar-refractivity contribution in [1.82, 2.24) is 15.8 Å². The third kappa shape index (κ3) is 3.15. The quantitative estimate of drug-likeness (QED) is 0.767. The molecular weight excluding hydrogens is 310 g/mol. The van der Waals surface area contributed by atoms with Crippen LogP contribution in [0.5, 0.6) is 0 Å². The maximum atomic E-state index is 12.5. The van der Waals surface area contributed by atoms with Crippen molar-refractivity contribution in [3.05, 3.63) is 29.5 Å². The van der Waals surface area contributed by atoms with Gasteiger partial charge in [0.25, 0.3) is 5.91 Å². The SMILES string of the molecule is Cc1cccc2c(C(C)(C)NC(=O)[C@@H]3CN[C@H](CO)CO3)noc12. The van der Waals surface area contributed by atoms with Crippen molar-refractivity contribution in [1.29, 1.82) is 0 Å². The summed E-state index contributed by atoms with van der Waals surface area (Å²) in [7, 11) is 0. The van der Waals surface area contributed by atoms with E-state index in [0.717, 1.165) is 16.5 Å². The Labute approximate surface area is 140 Å². The molecule has 1 aliphatic rings. The van der Waals surface area contributed by atoms with Crippen molar-refractivity contribution in [2.24, 2.45) is 0 Å². The number of morpholine rings is 1. The molecule has 1 aromatic carbocycles. The van der Waals surface area contributed by atoms with Crippen LogP contribution in [0.4, 0.5) is 0 Å². The van der Waals surface area contributed by atoms with Crippen LogP contribution in [0.2, 0.25) is 0 Å². The molecule has 0 radical (unpaired) electrons. The highest BCUT2D eigenvalue weighted by Gasteiger charge is 2.33. The standard InChI is InChI=1S/C17H23N3O4/c1-10-5-4-6-12-14(10)24-20-15(12)17(2,3)19-16(22)13-7-18-11(8-21)9-23-13/h4-6,11,13,18,21H,7-9H2,1-3H3,(H,19,22)/t11-,13+/m1/s1. The molecule has 0 spiro atoms. The van der Waals surface area contributed by atoms with E-state index in [4.69, 9.17) is 14.4 Å². The van der Waals surface area contributed by atoms with Gasteiger partial charge in [-0.15, -0.1) is 0 Å². The number of carbonyl (C=O) groups is 1. The minimum absolute atomic E-state index is 0.00981. The number of ether oxygens (including phenoxy) is 1. The summed E-state index contributed by atoms with van der Waals surface area (Å²) in [6.45, 7) is 6.40. The number of carbonyl (C=O) groups excluding carboxylic acids is 1.